The molecule has 2 aliphatic heterocycles. The number of likely N-dealkylation sites (tertiary alicyclic amines) is 2. The van der Waals surface area contributed by atoms with Crippen LogP contribution in [0.4, 0.5) is 0 Å². The molecule has 1 aromatic carbocycles. The molecular weight excluding hydrogens is 326 g/mol. The van der Waals surface area contributed by atoms with Crippen molar-refractivity contribution in [3.63, 3.8) is 0 Å². The zero-order valence-electron chi connectivity index (χ0n) is 15.9. The number of nitrogens with one attached hydrogen (secondary N) is 1. The van der Waals surface area contributed by atoms with Gasteiger partial charge in [0.1, 0.15) is 0 Å². The molecule has 1 spiro atoms. The molecule has 2 aliphatic rings. The van der Waals surface area contributed by atoms with E-state index in [1.807, 2.05) is 6.07 Å². The standard InChI is InChI=1S/C21H31N3O2/c1-18(25)22-12-15-23-13-5-10-21(16-23)11-8-20(26)24(17-21)14-9-19-6-3-2-4-7-19/h2-4,6-7H,5,8-17H2,1H3,(H,22,25)/t21-/m1/s1. The summed E-state index contributed by atoms with van der Waals surface area (Å²) in [4.78, 5) is 28.1. The molecule has 0 aliphatic carbocycles. The normalized spacial score (nSPS) is 24.0. The van der Waals surface area contributed by atoms with Gasteiger partial charge in [0.15, 0.2) is 0 Å². The van der Waals surface area contributed by atoms with Crippen molar-refractivity contribution in [1.29, 1.82) is 0 Å². The second-order valence-corrected chi connectivity index (χ2v) is 7.91. The molecule has 26 heavy (non-hydrogen) atoms. The lowest BCUT2D eigenvalue weighted by Gasteiger charge is -2.48. The predicted octanol–water partition coefficient (Wildman–Crippen LogP) is 2.07. The largest absolute Gasteiger partial charge is 0.355 e. The second-order valence-electron chi connectivity index (χ2n) is 7.91. The van der Waals surface area contributed by atoms with Gasteiger partial charge in [0.2, 0.25) is 11.8 Å². The Bertz CT molecular complexity index is 619. The molecule has 2 amide bonds. The maximum absolute atomic E-state index is 12.4. The molecule has 0 aromatic heterocycles. The summed E-state index contributed by atoms with van der Waals surface area (Å²) in [6, 6.07) is 10.4. The Morgan fingerprint density at radius 3 is 2.73 bits per heavy atom. The smallest absolute Gasteiger partial charge is 0.222 e. The molecule has 142 valence electrons. The SMILES string of the molecule is CC(=O)NCCN1CCC[C@@]2(CCC(=O)N(CCc3ccccc3)C2)C1. The number of carbonyl (C=O) groups excluding carboxylic acids is 2. The van der Waals surface area contributed by atoms with Gasteiger partial charge in [-0.15, -0.1) is 0 Å². The fraction of sp³-hybridized carbons (Fsp3) is 0.619. The van der Waals surface area contributed by atoms with Gasteiger partial charge in [0.25, 0.3) is 0 Å². The van der Waals surface area contributed by atoms with E-state index in [1.165, 1.54) is 18.4 Å². The van der Waals surface area contributed by atoms with E-state index in [-0.39, 0.29) is 11.3 Å². The first-order chi connectivity index (χ1) is 12.6. The van der Waals surface area contributed by atoms with E-state index in [0.717, 1.165) is 45.6 Å². The lowest BCUT2D eigenvalue weighted by molar-refractivity contribution is -0.139. The molecule has 0 saturated carbocycles. The van der Waals surface area contributed by atoms with Crippen LogP contribution < -0.4 is 5.32 Å². The highest BCUT2D eigenvalue weighted by atomic mass is 16.2. The highest BCUT2D eigenvalue weighted by molar-refractivity contribution is 5.77. The summed E-state index contributed by atoms with van der Waals surface area (Å²) >= 11 is 0. The molecule has 0 radical (unpaired) electrons. The minimum atomic E-state index is 0.0343. The number of carbonyl (C=O) groups is 2. The number of rotatable bonds is 6. The predicted molar refractivity (Wildman–Crippen MR) is 103 cm³/mol. The van der Waals surface area contributed by atoms with Crippen molar-refractivity contribution >= 4 is 11.8 Å². The van der Waals surface area contributed by atoms with Gasteiger partial charge < -0.3 is 15.1 Å². The van der Waals surface area contributed by atoms with Gasteiger partial charge in [0, 0.05) is 51.5 Å². The molecule has 0 bridgehead atoms. The quantitative estimate of drug-likeness (QED) is 0.848. The topological polar surface area (TPSA) is 52.7 Å². The molecule has 2 heterocycles. The highest BCUT2D eigenvalue weighted by Gasteiger charge is 2.41. The van der Waals surface area contributed by atoms with Crippen LogP contribution in [-0.2, 0) is 16.0 Å². The molecule has 5 nitrogen and oxygen atoms in total. The van der Waals surface area contributed by atoms with Crippen LogP contribution in [0.2, 0.25) is 0 Å². The second kappa shape index (κ2) is 8.67. The Labute approximate surface area is 156 Å². The van der Waals surface area contributed by atoms with E-state index < -0.39 is 0 Å². The third-order valence-electron chi connectivity index (χ3n) is 5.80. The Hall–Kier alpha value is -1.88. The molecule has 1 atom stereocenters. The van der Waals surface area contributed by atoms with E-state index in [1.54, 1.807) is 6.92 Å². The molecule has 1 N–H and O–H groups in total. The summed E-state index contributed by atoms with van der Waals surface area (Å²) in [7, 11) is 0. The summed E-state index contributed by atoms with van der Waals surface area (Å²) in [5.74, 6) is 0.342. The van der Waals surface area contributed by atoms with Gasteiger partial charge in [-0.1, -0.05) is 30.3 Å². The van der Waals surface area contributed by atoms with Crippen molar-refractivity contribution in [2.45, 2.75) is 39.0 Å². The lowest BCUT2D eigenvalue weighted by atomic mass is 9.73. The third kappa shape index (κ3) is 5.07. The molecule has 5 heteroatoms. The number of nitrogens with zero attached hydrogens (tertiary/aromatic N) is 2. The fourth-order valence-electron chi connectivity index (χ4n) is 4.44. The summed E-state index contributed by atoms with van der Waals surface area (Å²) in [6.45, 7) is 7.02. The summed E-state index contributed by atoms with van der Waals surface area (Å²) < 4.78 is 0. The first kappa shape index (κ1) is 18.9. The third-order valence-corrected chi connectivity index (χ3v) is 5.80. The van der Waals surface area contributed by atoms with Gasteiger partial charge >= 0.3 is 0 Å². The van der Waals surface area contributed by atoms with E-state index >= 15 is 0 Å². The first-order valence-electron chi connectivity index (χ1n) is 9.85. The average molecular weight is 357 g/mol. The van der Waals surface area contributed by atoms with Gasteiger partial charge in [-0.05, 0) is 37.8 Å². The van der Waals surface area contributed by atoms with Crippen molar-refractivity contribution in [1.82, 2.24) is 15.1 Å². The van der Waals surface area contributed by atoms with Crippen molar-refractivity contribution in [2.24, 2.45) is 5.41 Å². The maximum atomic E-state index is 12.4. The Kier molecular flexibility index (Phi) is 6.30. The molecule has 1 aromatic rings. The fourth-order valence-corrected chi connectivity index (χ4v) is 4.44. The molecular formula is C21H31N3O2. The van der Waals surface area contributed by atoms with Crippen LogP contribution in [0.25, 0.3) is 0 Å². The van der Waals surface area contributed by atoms with Crippen molar-refractivity contribution in [3.05, 3.63) is 35.9 Å². The van der Waals surface area contributed by atoms with E-state index in [0.29, 0.717) is 18.9 Å². The Balaban J connectivity index is 1.55. The average Bonchev–Trinajstić information content (AvgIpc) is 2.64. The van der Waals surface area contributed by atoms with Gasteiger partial charge in [-0.25, -0.2) is 0 Å². The van der Waals surface area contributed by atoms with Crippen LogP contribution >= 0.6 is 0 Å². The van der Waals surface area contributed by atoms with Crippen LogP contribution in [0.15, 0.2) is 30.3 Å². The first-order valence-corrected chi connectivity index (χ1v) is 9.85. The number of piperidine rings is 2. The number of hydrogen-bond acceptors (Lipinski definition) is 3. The number of hydrogen-bond donors (Lipinski definition) is 1. The summed E-state index contributed by atoms with van der Waals surface area (Å²) in [5, 5.41) is 2.89. The van der Waals surface area contributed by atoms with E-state index in [2.05, 4.69) is 39.4 Å². The van der Waals surface area contributed by atoms with Crippen LogP contribution in [0, 0.1) is 5.41 Å². The van der Waals surface area contributed by atoms with Crippen molar-refractivity contribution < 1.29 is 9.59 Å². The summed E-state index contributed by atoms with van der Waals surface area (Å²) in [6.07, 6.45) is 4.99. The van der Waals surface area contributed by atoms with Gasteiger partial charge in [0.05, 0.1) is 0 Å². The maximum Gasteiger partial charge on any atom is 0.222 e. The van der Waals surface area contributed by atoms with Gasteiger partial charge in [-0.2, -0.15) is 0 Å². The van der Waals surface area contributed by atoms with Crippen LogP contribution in [-0.4, -0.2) is 60.9 Å². The molecule has 3 rings (SSSR count). The van der Waals surface area contributed by atoms with Crippen molar-refractivity contribution in [2.75, 3.05) is 39.3 Å². The Morgan fingerprint density at radius 2 is 1.96 bits per heavy atom. The molecule has 2 fully saturated rings. The van der Waals surface area contributed by atoms with Crippen LogP contribution in [0.5, 0.6) is 0 Å². The van der Waals surface area contributed by atoms with E-state index in [4.69, 9.17) is 0 Å². The zero-order chi connectivity index (χ0) is 18.4. The lowest BCUT2D eigenvalue weighted by Crippen LogP contribution is -2.55. The highest BCUT2D eigenvalue weighted by Crippen LogP contribution is 2.38. The van der Waals surface area contributed by atoms with Crippen LogP contribution in [0.3, 0.4) is 0 Å². The molecule has 2 saturated heterocycles. The minimum Gasteiger partial charge on any atom is -0.355 e. The van der Waals surface area contributed by atoms with Crippen molar-refractivity contribution in [3.8, 4) is 0 Å². The minimum absolute atomic E-state index is 0.0343. The summed E-state index contributed by atoms with van der Waals surface area (Å²) in [5.41, 5.74) is 1.53. The monoisotopic (exact) mass is 357 g/mol. The van der Waals surface area contributed by atoms with E-state index in [9.17, 15) is 9.59 Å². The Morgan fingerprint density at radius 1 is 1.15 bits per heavy atom. The molecule has 0 unspecified atom stereocenters. The van der Waals surface area contributed by atoms with Gasteiger partial charge in [-0.3, -0.25) is 9.59 Å². The zero-order valence-corrected chi connectivity index (χ0v) is 15.9. The number of benzene rings is 1. The number of amides is 2. The van der Waals surface area contributed by atoms with Crippen LogP contribution in [0.1, 0.15) is 38.2 Å².